The molecule has 0 atom stereocenters. The largest absolute Gasteiger partial charge is 0.493 e. The highest BCUT2D eigenvalue weighted by atomic mass is 16.5. The number of para-hydroxylation sites is 1. The van der Waals surface area contributed by atoms with Crippen LogP contribution in [0.25, 0.3) is 0 Å². The van der Waals surface area contributed by atoms with Gasteiger partial charge in [-0.2, -0.15) is 0 Å². The number of benzene rings is 1. The van der Waals surface area contributed by atoms with Gasteiger partial charge >= 0.3 is 0 Å². The number of hydrogen-bond acceptors (Lipinski definition) is 6. The van der Waals surface area contributed by atoms with E-state index in [0.29, 0.717) is 6.54 Å². The topological polar surface area (TPSA) is 55.9 Å². The Balaban J connectivity index is 1.67. The third-order valence-electron chi connectivity index (χ3n) is 4.29. The Kier molecular flexibility index (Phi) is 6.09. The number of anilines is 1. The predicted octanol–water partition coefficient (Wildman–Crippen LogP) is 2.23. The van der Waals surface area contributed by atoms with Crippen molar-refractivity contribution in [3.8, 4) is 11.5 Å². The number of hydrogen-bond donors (Lipinski definition) is 1. The van der Waals surface area contributed by atoms with Crippen LogP contribution in [0.1, 0.15) is 11.1 Å². The molecule has 134 valence electrons. The fraction of sp³-hybridized carbons (Fsp3) is 0.421. The van der Waals surface area contributed by atoms with Crippen LogP contribution in [-0.4, -0.2) is 45.5 Å². The van der Waals surface area contributed by atoms with E-state index in [1.807, 2.05) is 30.5 Å². The molecule has 2 aromatic rings. The van der Waals surface area contributed by atoms with Crippen molar-refractivity contribution < 1.29 is 14.2 Å². The number of nitrogens with zero attached hydrogens (tertiary/aromatic N) is 2. The third-order valence-corrected chi connectivity index (χ3v) is 4.29. The number of morpholine rings is 1. The molecular formula is C19H25N3O3. The van der Waals surface area contributed by atoms with Gasteiger partial charge in [0, 0.05) is 43.5 Å². The van der Waals surface area contributed by atoms with Gasteiger partial charge in [-0.1, -0.05) is 18.2 Å². The zero-order valence-electron chi connectivity index (χ0n) is 14.8. The minimum absolute atomic E-state index is 0.692. The Morgan fingerprint density at radius 3 is 2.56 bits per heavy atom. The van der Waals surface area contributed by atoms with E-state index in [2.05, 4.69) is 21.3 Å². The maximum absolute atomic E-state index is 5.49. The van der Waals surface area contributed by atoms with Crippen molar-refractivity contribution in [1.82, 2.24) is 10.3 Å². The second-order valence-electron chi connectivity index (χ2n) is 5.84. The molecule has 0 spiro atoms. The summed E-state index contributed by atoms with van der Waals surface area (Å²) in [4.78, 5) is 6.86. The first-order valence-electron chi connectivity index (χ1n) is 8.50. The summed E-state index contributed by atoms with van der Waals surface area (Å²) >= 11 is 0. The minimum atomic E-state index is 0.692. The molecule has 0 bridgehead atoms. The van der Waals surface area contributed by atoms with Crippen LogP contribution in [0.3, 0.4) is 0 Å². The first-order chi connectivity index (χ1) is 12.3. The molecule has 1 aromatic carbocycles. The van der Waals surface area contributed by atoms with Gasteiger partial charge in [-0.3, -0.25) is 0 Å². The Morgan fingerprint density at radius 2 is 1.80 bits per heavy atom. The summed E-state index contributed by atoms with van der Waals surface area (Å²) < 4.78 is 16.3. The summed E-state index contributed by atoms with van der Waals surface area (Å²) in [6.45, 7) is 4.70. The molecular weight excluding hydrogens is 318 g/mol. The predicted molar refractivity (Wildman–Crippen MR) is 97.4 cm³/mol. The molecule has 0 radical (unpaired) electrons. The van der Waals surface area contributed by atoms with Crippen LogP contribution in [-0.2, 0) is 17.8 Å². The Bertz CT molecular complexity index is 687. The van der Waals surface area contributed by atoms with E-state index >= 15 is 0 Å². The zero-order valence-corrected chi connectivity index (χ0v) is 14.8. The van der Waals surface area contributed by atoms with Crippen LogP contribution in [0.2, 0.25) is 0 Å². The highest BCUT2D eigenvalue weighted by molar-refractivity contribution is 5.48. The van der Waals surface area contributed by atoms with Gasteiger partial charge in [0.2, 0.25) is 0 Å². The van der Waals surface area contributed by atoms with Crippen LogP contribution in [0.4, 0.5) is 5.82 Å². The van der Waals surface area contributed by atoms with E-state index in [1.165, 1.54) is 5.56 Å². The van der Waals surface area contributed by atoms with Gasteiger partial charge < -0.3 is 24.4 Å². The molecule has 0 saturated carbocycles. The molecule has 0 amide bonds. The van der Waals surface area contributed by atoms with E-state index in [4.69, 9.17) is 14.2 Å². The van der Waals surface area contributed by atoms with Crippen molar-refractivity contribution in [2.75, 3.05) is 45.4 Å². The van der Waals surface area contributed by atoms with Crippen LogP contribution in [0, 0.1) is 0 Å². The molecule has 6 heteroatoms. The van der Waals surface area contributed by atoms with Gasteiger partial charge in [0.15, 0.2) is 11.5 Å². The van der Waals surface area contributed by atoms with E-state index in [1.54, 1.807) is 14.2 Å². The fourth-order valence-electron chi connectivity index (χ4n) is 3.05. The van der Waals surface area contributed by atoms with Crippen LogP contribution >= 0.6 is 0 Å². The van der Waals surface area contributed by atoms with Crippen LogP contribution in [0.15, 0.2) is 36.5 Å². The molecule has 2 heterocycles. The third kappa shape index (κ3) is 4.21. The normalized spacial score (nSPS) is 14.4. The standard InChI is InChI=1S/C19H25N3O3/c1-23-17-7-3-5-15(18(17)24-2)13-20-14-16-6-4-8-21-19(16)22-9-11-25-12-10-22/h3-8,20H,9-14H2,1-2H3. The monoisotopic (exact) mass is 343 g/mol. The zero-order chi connectivity index (χ0) is 17.5. The SMILES string of the molecule is COc1cccc(CNCc2cccnc2N2CCOCC2)c1OC. The van der Waals surface area contributed by atoms with E-state index < -0.39 is 0 Å². The number of rotatable bonds is 7. The molecule has 1 aliphatic heterocycles. The molecule has 3 rings (SSSR count). The van der Waals surface area contributed by atoms with Crippen molar-refractivity contribution in [3.63, 3.8) is 0 Å². The first-order valence-corrected chi connectivity index (χ1v) is 8.50. The average Bonchev–Trinajstić information content (AvgIpc) is 2.68. The van der Waals surface area contributed by atoms with Gasteiger partial charge in [-0.25, -0.2) is 4.98 Å². The maximum Gasteiger partial charge on any atom is 0.165 e. The average molecular weight is 343 g/mol. The summed E-state index contributed by atoms with van der Waals surface area (Å²) in [5.74, 6) is 2.56. The molecule has 25 heavy (non-hydrogen) atoms. The molecule has 0 aliphatic carbocycles. The lowest BCUT2D eigenvalue weighted by Gasteiger charge is -2.29. The summed E-state index contributed by atoms with van der Waals surface area (Å²) in [7, 11) is 3.32. The summed E-state index contributed by atoms with van der Waals surface area (Å²) in [6.07, 6.45) is 1.85. The number of aromatic nitrogens is 1. The quantitative estimate of drug-likeness (QED) is 0.832. The molecule has 6 nitrogen and oxygen atoms in total. The van der Waals surface area contributed by atoms with Crippen molar-refractivity contribution in [3.05, 3.63) is 47.7 Å². The second-order valence-corrected chi connectivity index (χ2v) is 5.84. The van der Waals surface area contributed by atoms with Gasteiger partial charge in [0.1, 0.15) is 5.82 Å². The van der Waals surface area contributed by atoms with Crippen molar-refractivity contribution in [1.29, 1.82) is 0 Å². The van der Waals surface area contributed by atoms with Gasteiger partial charge in [-0.05, 0) is 12.1 Å². The molecule has 1 N–H and O–H groups in total. The highest BCUT2D eigenvalue weighted by Gasteiger charge is 2.16. The first kappa shape index (κ1) is 17.5. The second kappa shape index (κ2) is 8.69. The lowest BCUT2D eigenvalue weighted by molar-refractivity contribution is 0.122. The van der Waals surface area contributed by atoms with E-state index in [0.717, 1.165) is 55.7 Å². The minimum Gasteiger partial charge on any atom is -0.493 e. The number of nitrogens with one attached hydrogen (secondary N) is 1. The van der Waals surface area contributed by atoms with Crippen molar-refractivity contribution in [2.24, 2.45) is 0 Å². The van der Waals surface area contributed by atoms with Gasteiger partial charge in [0.25, 0.3) is 0 Å². The Hall–Kier alpha value is -2.31. The summed E-state index contributed by atoms with van der Waals surface area (Å²) in [5, 5.41) is 3.49. The van der Waals surface area contributed by atoms with E-state index in [9.17, 15) is 0 Å². The van der Waals surface area contributed by atoms with E-state index in [-0.39, 0.29) is 0 Å². The van der Waals surface area contributed by atoms with Crippen LogP contribution in [0.5, 0.6) is 11.5 Å². The number of methoxy groups -OCH3 is 2. The number of ether oxygens (including phenoxy) is 3. The maximum atomic E-state index is 5.49. The van der Waals surface area contributed by atoms with Crippen molar-refractivity contribution >= 4 is 5.82 Å². The van der Waals surface area contributed by atoms with Gasteiger partial charge in [-0.15, -0.1) is 0 Å². The summed E-state index contributed by atoms with van der Waals surface area (Å²) in [6, 6.07) is 10.0. The molecule has 1 aromatic heterocycles. The molecule has 0 unspecified atom stereocenters. The molecule has 1 fully saturated rings. The number of pyridine rings is 1. The molecule has 1 aliphatic rings. The summed E-state index contributed by atoms with van der Waals surface area (Å²) in [5.41, 5.74) is 2.25. The Labute approximate surface area is 148 Å². The van der Waals surface area contributed by atoms with Gasteiger partial charge in [0.05, 0.1) is 27.4 Å². The molecule has 1 saturated heterocycles. The van der Waals surface area contributed by atoms with Crippen molar-refractivity contribution in [2.45, 2.75) is 13.1 Å². The smallest absolute Gasteiger partial charge is 0.165 e. The lowest BCUT2D eigenvalue weighted by Crippen LogP contribution is -2.37. The fourth-order valence-corrected chi connectivity index (χ4v) is 3.05. The lowest BCUT2D eigenvalue weighted by atomic mass is 10.1. The van der Waals surface area contributed by atoms with Crippen LogP contribution < -0.4 is 19.7 Å². The highest BCUT2D eigenvalue weighted by Crippen LogP contribution is 2.30. The Morgan fingerprint density at radius 1 is 1.04 bits per heavy atom.